The fraction of sp³-hybridized carbons (Fsp3) is 0.0508. The van der Waals surface area contributed by atoms with Crippen LogP contribution in [-0.2, 0) is 5.41 Å². The van der Waals surface area contributed by atoms with Crippen molar-refractivity contribution in [1.82, 2.24) is 0 Å². The van der Waals surface area contributed by atoms with E-state index in [2.05, 4.69) is 242 Å². The van der Waals surface area contributed by atoms with Crippen molar-refractivity contribution in [2.45, 2.75) is 19.3 Å². The summed E-state index contributed by atoms with van der Waals surface area (Å²) in [5, 5.41) is 12.3. The molecule has 0 amide bonds. The minimum Gasteiger partial charge on any atom is -0.310 e. The van der Waals surface area contributed by atoms with Gasteiger partial charge < -0.3 is 9.80 Å². The van der Waals surface area contributed by atoms with Gasteiger partial charge >= 0.3 is 0 Å². The van der Waals surface area contributed by atoms with Crippen molar-refractivity contribution in [2.24, 2.45) is 0 Å². The second-order valence-corrected chi connectivity index (χ2v) is 16.9. The summed E-state index contributed by atoms with van der Waals surface area (Å²) >= 11 is 0. The van der Waals surface area contributed by atoms with Crippen molar-refractivity contribution >= 4 is 88.0 Å². The van der Waals surface area contributed by atoms with Crippen LogP contribution in [0.25, 0.3) is 65.0 Å². The van der Waals surface area contributed by atoms with Gasteiger partial charge in [-0.05, 0) is 115 Å². The zero-order chi connectivity index (χ0) is 40.7. The number of fused-ring (bicyclic) bond motifs is 9. The van der Waals surface area contributed by atoms with Crippen LogP contribution >= 0.6 is 0 Å². The number of benzene rings is 11. The third kappa shape index (κ3) is 5.56. The van der Waals surface area contributed by atoms with Crippen molar-refractivity contribution in [3.05, 3.63) is 230 Å². The van der Waals surface area contributed by atoms with E-state index in [4.69, 9.17) is 0 Å². The lowest BCUT2D eigenvalue weighted by Gasteiger charge is -2.31. The third-order valence-corrected chi connectivity index (χ3v) is 13.1. The maximum absolute atomic E-state index is 2.50. The quantitative estimate of drug-likeness (QED) is 0.166. The summed E-state index contributed by atoms with van der Waals surface area (Å²) in [5.41, 5.74) is 11.9. The Morgan fingerprint density at radius 2 is 0.738 bits per heavy atom. The summed E-state index contributed by atoms with van der Waals surface area (Å²) < 4.78 is 0. The van der Waals surface area contributed by atoms with Crippen molar-refractivity contribution in [3.63, 3.8) is 0 Å². The Hall–Kier alpha value is -7.68. The Balaban J connectivity index is 1.09. The van der Waals surface area contributed by atoms with Crippen molar-refractivity contribution in [1.29, 1.82) is 0 Å². The molecule has 0 aliphatic heterocycles. The molecule has 0 spiro atoms. The summed E-state index contributed by atoms with van der Waals surface area (Å²) in [6, 6.07) is 80.6. The molecule has 0 aromatic heterocycles. The van der Waals surface area contributed by atoms with E-state index in [1.54, 1.807) is 0 Å². The molecule has 0 heterocycles. The molecule has 0 bridgehead atoms. The van der Waals surface area contributed by atoms with Crippen LogP contribution in [0.3, 0.4) is 0 Å². The van der Waals surface area contributed by atoms with Crippen molar-refractivity contribution < 1.29 is 0 Å². The zero-order valence-corrected chi connectivity index (χ0v) is 34.2. The van der Waals surface area contributed by atoms with Crippen molar-refractivity contribution in [2.75, 3.05) is 9.80 Å². The zero-order valence-electron chi connectivity index (χ0n) is 34.2. The highest BCUT2D eigenvalue weighted by molar-refractivity contribution is 6.12. The molecule has 0 saturated carbocycles. The number of hydrogen-bond donors (Lipinski definition) is 0. The molecule has 0 unspecified atom stereocenters. The average molecular weight is 779 g/mol. The first kappa shape index (κ1) is 35.3. The largest absolute Gasteiger partial charge is 0.310 e. The fourth-order valence-corrected chi connectivity index (χ4v) is 10.1. The van der Waals surface area contributed by atoms with Crippen LogP contribution in [0.5, 0.6) is 0 Å². The van der Waals surface area contributed by atoms with Crippen LogP contribution in [0.15, 0.2) is 218 Å². The predicted octanol–water partition coefficient (Wildman–Crippen LogP) is 16.7. The lowest BCUT2D eigenvalue weighted by Crippen LogP contribution is -2.18. The minimum absolute atomic E-state index is 0.304. The highest BCUT2D eigenvalue weighted by atomic mass is 15.2. The number of rotatable bonds is 6. The summed E-state index contributed by atoms with van der Waals surface area (Å²) in [7, 11) is 0. The van der Waals surface area contributed by atoms with Gasteiger partial charge in [-0.25, -0.2) is 0 Å². The normalized spacial score (nSPS) is 12.9. The second kappa shape index (κ2) is 13.7. The summed E-state index contributed by atoms with van der Waals surface area (Å²) in [4.78, 5) is 4.96. The molecule has 2 heteroatoms. The van der Waals surface area contributed by atoms with Crippen LogP contribution in [-0.4, -0.2) is 0 Å². The van der Waals surface area contributed by atoms with E-state index in [9.17, 15) is 0 Å². The van der Waals surface area contributed by atoms with E-state index in [0.29, 0.717) is 0 Å². The van der Waals surface area contributed by atoms with Gasteiger partial charge in [-0.2, -0.15) is 0 Å². The highest BCUT2D eigenvalue weighted by Crippen LogP contribution is 2.56. The molecular formula is C59H42N2. The van der Waals surface area contributed by atoms with E-state index in [0.717, 1.165) is 28.4 Å². The van der Waals surface area contributed by atoms with Gasteiger partial charge in [0.15, 0.2) is 0 Å². The van der Waals surface area contributed by atoms with E-state index in [-0.39, 0.29) is 5.41 Å². The Bertz CT molecular complexity index is 3530. The molecule has 0 radical (unpaired) electrons. The van der Waals surface area contributed by atoms with Gasteiger partial charge in [0.05, 0.1) is 17.1 Å². The van der Waals surface area contributed by atoms with Gasteiger partial charge in [0.2, 0.25) is 0 Å². The molecule has 1 aliphatic rings. The number of nitrogens with zero attached hydrogens (tertiary/aromatic N) is 2. The molecule has 12 rings (SSSR count). The Kier molecular flexibility index (Phi) is 7.92. The second-order valence-electron chi connectivity index (χ2n) is 16.9. The summed E-state index contributed by atoms with van der Waals surface area (Å²) in [5.74, 6) is 0. The van der Waals surface area contributed by atoms with Crippen LogP contribution in [0.1, 0.15) is 25.0 Å². The Labute approximate surface area is 356 Å². The van der Waals surface area contributed by atoms with Gasteiger partial charge in [-0.15, -0.1) is 0 Å². The van der Waals surface area contributed by atoms with Crippen molar-refractivity contribution in [3.8, 4) is 11.1 Å². The molecule has 0 fully saturated rings. The Morgan fingerprint density at radius 3 is 1.34 bits per heavy atom. The lowest BCUT2D eigenvalue weighted by atomic mass is 9.81. The monoisotopic (exact) mass is 778 g/mol. The van der Waals surface area contributed by atoms with Crippen LogP contribution < -0.4 is 9.80 Å². The maximum Gasteiger partial charge on any atom is 0.0543 e. The van der Waals surface area contributed by atoms with Gasteiger partial charge in [-0.1, -0.05) is 178 Å². The Morgan fingerprint density at radius 1 is 0.295 bits per heavy atom. The lowest BCUT2D eigenvalue weighted by molar-refractivity contribution is 0.661. The van der Waals surface area contributed by atoms with Crippen LogP contribution in [0.4, 0.5) is 34.1 Å². The molecule has 11 aromatic carbocycles. The smallest absolute Gasteiger partial charge is 0.0543 e. The first-order chi connectivity index (χ1) is 30.0. The van der Waals surface area contributed by atoms with Gasteiger partial charge in [0.1, 0.15) is 0 Å². The number of hydrogen-bond acceptors (Lipinski definition) is 2. The molecule has 11 aromatic rings. The minimum atomic E-state index is -0.304. The van der Waals surface area contributed by atoms with Crippen LogP contribution in [0, 0.1) is 0 Å². The maximum atomic E-state index is 2.50. The summed E-state index contributed by atoms with van der Waals surface area (Å²) in [6.07, 6.45) is 0. The molecular weight excluding hydrogens is 737 g/mol. The molecule has 0 atom stereocenters. The molecule has 2 nitrogen and oxygen atoms in total. The van der Waals surface area contributed by atoms with Gasteiger partial charge in [-0.3, -0.25) is 0 Å². The van der Waals surface area contributed by atoms with E-state index in [1.807, 2.05) is 0 Å². The van der Waals surface area contributed by atoms with E-state index >= 15 is 0 Å². The number of anilines is 6. The molecule has 0 saturated heterocycles. The predicted molar refractivity (Wildman–Crippen MR) is 261 cm³/mol. The standard InChI is InChI=1S/C59H42N2/c1-59(2)53-37-47(60(45-31-29-39-15-3-5-19-43(39)35-45)55-27-13-21-41-17-7-9-23-48(41)55)33-34-52(53)58-51-26-12-11-25-50(51)57(38-54(58)59)61(46-32-30-40-16-4-6-20-44(40)36-46)56-28-14-22-42-18-8-10-24-49(42)56/h3-38H,1-2H3. The summed E-state index contributed by atoms with van der Waals surface area (Å²) in [6.45, 7) is 4.83. The van der Waals surface area contributed by atoms with Gasteiger partial charge in [0, 0.05) is 38.6 Å². The highest BCUT2D eigenvalue weighted by Gasteiger charge is 2.39. The van der Waals surface area contributed by atoms with Crippen LogP contribution in [0.2, 0.25) is 0 Å². The molecule has 1 aliphatic carbocycles. The SMILES string of the molecule is CC1(C)c2cc(N(c3ccc4ccccc4c3)c3cccc4ccccc34)ccc2-c2c1cc(N(c1ccc3ccccc3c1)c1cccc3ccccc13)c1ccccc21. The van der Waals surface area contributed by atoms with E-state index in [1.165, 1.54) is 81.8 Å². The first-order valence-electron chi connectivity index (χ1n) is 21.3. The van der Waals surface area contributed by atoms with E-state index < -0.39 is 0 Å². The average Bonchev–Trinajstić information content (AvgIpc) is 3.54. The fourth-order valence-electron chi connectivity index (χ4n) is 10.1. The molecule has 61 heavy (non-hydrogen) atoms. The first-order valence-corrected chi connectivity index (χ1v) is 21.3. The van der Waals surface area contributed by atoms with Gasteiger partial charge in [0.25, 0.3) is 0 Å². The molecule has 288 valence electrons. The molecule has 0 N–H and O–H groups in total. The third-order valence-electron chi connectivity index (χ3n) is 13.1. The topological polar surface area (TPSA) is 6.48 Å².